The lowest BCUT2D eigenvalue weighted by molar-refractivity contribution is -0.384. The molecule has 0 saturated carbocycles. The summed E-state index contributed by atoms with van der Waals surface area (Å²) in [5.74, 6) is -1.47. The Morgan fingerprint density at radius 2 is 1.32 bits per heavy atom. The second-order valence-electron chi connectivity index (χ2n) is 10.6. The van der Waals surface area contributed by atoms with Crippen molar-refractivity contribution >= 4 is 40.9 Å². The summed E-state index contributed by atoms with van der Waals surface area (Å²) in [7, 11) is 4.79. The molecule has 0 radical (unpaired) electrons. The largest absolute Gasteiger partial charge is 0.444 e. The average Bonchev–Trinajstić information content (AvgIpc) is 3.52. The van der Waals surface area contributed by atoms with Crippen LogP contribution in [-0.2, 0) is 25.9 Å². The van der Waals surface area contributed by atoms with Gasteiger partial charge < -0.3 is 39.7 Å². The second kappa shape index (κ2) is 12.0. The summed E-state index contributed by atoms with van der Waals surface area (Å²) in [6.45, 7) is 7.14. The van der Waals surface area contributed by atoms with Gasteiger partial charge in [0.1, 0.15) is 22.7 Å². The van der Waals surface area contributed by atoms with Gasteiger partial charge in [0.25, 0.3) is 23.4 Å². The Labute approximate surface area is 236 Å². The van der Waals surface area contributed by atoms with Crippen LogP contribution in [0.5, 0.6) is 0 Å². The number of nitro groups is 1. The monoisotopic (exact) mass is 570 g/mol. The minimum Gasteiger partial charge on any atom is -0.444 e. The normalized spacial score (nSPS) is 11.9. The van der Waals surface area contributed by atoms with Gasteiger partial charge in [-0.05, 0) is 39.8 Å². The van der Waals surface area contributed by atoms with Gasteiger partial charge in [0.05, 0.1) is 22.5 Å². The highest BCUT2D eigenvalue weighted by molar-refractivity contribution is 6.07. The van der Waals surface area contributed by atoms with E-state index >= 15 is 0 Å². The number of hydrogen-bond acceptors (Lipinski definition) is 7. The van der Waals surface area contributed by atoms with Crippen molar-refractivity contribution in [2.24, 2.45) is 21.1 Å². The van der Waals surface area contributed by atoms with Gasteiger partial charge in [0.15, 0.2) is 0 Å². The Balaban J connectivity index is 1.61. The van der Waals surface area contributed by atoms with Crippen molar-refractivity contribution < 1.29 is 28.8 Å². The van der Waals surface area contributed by atoms with Crippen molar-refractivity contribution in [3.63, 3.8) is 0 Å². The van der Waals surface area contributed by atoms with Gasteiger partial charge in [-0.3, -0.25) is 24.5 Å². The van der Waals surface area contributed by atoms with Crippen molar-refractivity contribution in [2.45, 2.75) is 39.3 Å². The maximum atomic E-state index is 13.0. The van der Waals surface area contributed by atoms with Gasteiger partial charge in [0, 0.05) is 52.2 Å². The topological polar surface area (TPSA) is 184 Å². The molecule has 3 aromatic rings. The van der Waals surface area contributed by atoms with E-state index in [9.17, 15) is 29.3 Å². The van der Waals surface area contributed by atoms with E-state index in [0.29, 0.717) is 11.4 Å². The molecule has 15 nitrogen and oxygen atoms in total. The SMILES string of the molecule is CC(CNC(=O)OC(C)(C)C)NC(=O)c1cc(NC(=O)c2cc(NC(=O)c3cc([N+](=O)[O-])cn3C)cn2C)cn1C. The molecule has 3 heterocycles. The number of amides is 4. The van der Waals surface area contributed by atoms with Crippen LogP contribution in [-0.4, -0.2) is 60.6 Å². The maximum Gasteiger partial charge on any atom is 0.407 e. The lowest BCUT2D eigenvalue weighted by Crippen LogP contribution is -2.43. The number of rotatable bonds is 9. The number of carbonyl (C=O) groups is 4. The van der Waals surface area contributed by atoms with Crippen molar-refractivity contribution in [1.29, 1.82) is 0 Å². The van der Waals surface area contributed by atoms with Crippen LogP contribution in [0.4, 0.5) is 21.9 Å². The number of alkyl carbamates (subject to hydrolysis) is 1. The predicted molar refractivity (Wildman–Crippen MR) is 150 cm³/mol. The first kappa shape index (κ1) is 30.5. The Hall–Kier alpha value is -5.08. The lowest BCUT2D eigenvalue weighted by Gasteiger charge is -2.21. The number of nitrogens with one attached hydrogen (secondary N) is 4. The van der Waals surface area contributed by atoms with Crippen LogP contribution in [0, 0.1) is 10.1 Å². The fourth-order valence-corrected chi connectivity index (χ4v) is 3.88. The van der Waals surface area contributed by atoms with Gasteiger partial charge in [-0.2, -0.15) is 0 Å². The lowest BCUT2D eigenvalue weighted by atomic mass is 10.2. The summed E-state index contributed by atoms with van der Waals surface area (Å²) < 4.78 is 9.58. The zero-order chi connectivity index (χ0) is 30.6. The Morgan fingerprint density at radius 1 is 0.854 bits per heavy atom. The maximum absolute atomic E-state index is 13.0. The van der Waals surface area contributed by atoms with Gasteiger partial charge >= 0.3 is 6.09 Å². The summed E-state index contributed by atoms with van der Waals surface area (Å²) in [5.41, 5.74) is 0.405. The molecule has 220 valence electrons. The first-order valence-corrected chi connectivity index (χ1v) is 12.6. The molecule has 0 fully saturated rings. The van der Waals surface area contributed by atoms with E-state index < -0.39 is 40.4 Å². The molecule has 1 atom stereocenters. The van der Waals surface area contributed by atoms with E-state index in [1.165, 1.54) is 40.7 Å². The zero-order valence-corrected chi connectivity index (χ0v) is 23.9. The number of hydrogen-bond donors (Lipinski definition) is 4. The number of anilines is 2. The Morgan fingerprint density at radius 3 is 1.78 bits per heavy atom. The third kappa shape index (κ3) is 7.97. The Bertz CT molecular complexity index is 1490. The van der Waals surface area contributed by atoms with Crippen LogP contribution in [0.3, 0.4) is 0 Å². The van der Waals surface area contributed by atoms with Crippen LogP contribution in [0.2, 0.25) is 0 Å². The van der Waals surface area contributed by atoms with Crippen molar-refractivity contribution in [3.8, 4) is 0 Å². The van der Waals surface area contributed by atoms with Crippen LogP contribution in [0.15, 0.2) is 36.8 Å². The van der Waals surface area contributed by atoms with E-state index in [0.717, 1.165) is 6.07 Å². The highest BCUT2D eigenvalue weighted by Crippen LogP contribution is 2.20. The minimum atomic E-state index is -0.636. The quantitative estimate of drug-likeness (QED) is 0.225. The standard InChI is InChI=1S/C26H34N8O7/c1-15(11-27-25(38)41-26(2,3)4)28-22(35)19-8-16(12-31(19)5)29-23(36)20-9-17(13-32(20)6)30-24(37)21-10-18(34(39)40)14-33(21)7/h8-10,12-15H,11H2,1-7H3,(H,27,38)(H,28,35)(H,29,36)(H,30,37). The highest BCUT2D eigenvalue weighted by atomic mass is 16.6. The molecule has 0 bridgehead atoms. The molecule has 0 aliphatic rings. The molecule has 0 spiro atoms. The molecule has 1 unspecified atom stereocenters. The van der Waals surface area contributed by atoms with Crippen LogP contribution in [0.25, 0.3) is 0 Å². The molecule has 4 N–H and O–H groups in total. The molecule has 0 aliphatic carbocycles. The predicted octanol–water partition coefficient (Wildman–Crippen LogP) is 2.76. The molecule has 4 amide bonds. The number of nitrogens with zero attached hydrogens (tertiary/aromatic N) is 4. The third-order valence-corrected chi connectivity index (χ3v) is 5.75. The van der Waals surface area contributed by atoms with Gasteiger partial charge in [0.2, 0.25) is 0 Å². The fraction of sp³-hybridized carbons (Fsp3) is 0.385. The number of aryl methyl sites for hydroxylation is 3. The van der Waals surface area contributed by atoms with Crippen LogP contribution < -0.4 is 21.3 Å². The molecule has 41 heavy (non-hydrogen) atoms. The van der Waals surface area contributed by atoms with Gasteiger partial charge in [-0.15, -0.1) is 0 Å². The number of ether oxygens (including phenoxy) is 1. The van der Waals surface area contributed by atoms with Crippen LogP contribution in [0.1, 0.15) is 59.2 Å². The molecule has 0 aromatic carbocycles. The third-order valence-electron chi connectivity index (χ3n) is 5.75. The molecular formula is C26H34N8O7. The smallest absolute Gasteiger partial charge is 0.407 e. The summed E-state index contributed by atoms with van der Waals surface area (Å²) in [6, 6.07) is 3.73. The molecular weight excluding hydrogens is 536 g/mol. The first-order chi connectivity index (χ1) is 19.0. The molecule has 0 aliphatic heterocycles. The van der Waals surface area contributed by atoms with Crippen molar-refractivity contribution in [2.75, 3.05) is 17.2 Å². The average molecular weight is 571 g/mol. The van der Waals surface area contributed by atoms with Crippen molar-refractivity contribution in [3.05, 3.63) is 64.0 Å². The summed E-state index contributed by atoms with van der Waals surface area (Å²) in [6.07, 6.45) is 3.75. The van der Waals surface area contributed by atoms with Crippen LogP contribution >= 0.6 is 0 Å². The summed E-state index contributed by atoms with van der Waals surface area (Å²) in [5, 5.41) is 21.7. The summed E-state index contributed by atoms with van der Waals surface area (Å²) >= 11 is 0. The molecule has 3 aromatic heterocycles. The van der Waals surface area contributed by atoms with E-state index in [2.05, 4.69) is 21.3 Å². The van der Waals surface area contributed by atoms with E-state index in [1.54, 1.807) is 52.6 Å². The van der Waals surface area contributed by atoms with Gasteiger partial charge in [-0.25, -0.2) is 4.79 Å². The van der Waals surface area contributed by atoms with E-state index in [4.69, 9.17) is 4.74 Å². The zero-order valence-electron chi connectivity index (χ0n) is 23.9. The highest BCUT2D eigenvalue weighted by Gasteiger charge is 2.21. The molecule has 3 rings (SSSR count). The van der Waals surface area contributed by atoms with Gasteiger partial charge in [-0.1, -0.05) is 0 Å². The molecule has 15 heteroatoms. The number of aromatic nitrogens is 3. The first-order valence-electron chi connectivity index (χ1n) is 12.6. The van der Waals surface area contributed by atoms with E-state index in [1.807, 2.05) is 0 Å². The minimum absolute atomic E-state index is 0.0802. The van der Waals surface area contributed by atoms with Crippen molar-refractivity contribution in [1.82, 2.24) is 24.3 Å². The fourth-order valence-electron chi connectivity index (χ4n) is 3.88. The second-order valence-corrected chi connectivity index (χ2v) is 10.6. The van der Waals surface area contributed by atoms with E-state index in [-0.39, 0.29) is 29.3 Å². The summed E-state index contributed by atoms with van der Waals surface area (Å²) in [4.78, 5) is 60.6. The molecule has 0 saturated heterocycles. The Kier molecular flexibility index (Phi) is 8.90. The number of carbonyl (C=O) groups excluding carboxylic acids is 4.